The lowest BCUT2D eigenvalue weighted by molar-refractivity contribution is 0.425. The molecule has 1 aromatic heterocycles. The van der Waals surface area contributed by atoms with Gasteiger partial charge in [0.15, 0.2) is 0 Å². The fraction of sp³-hybridized carbons (Fsp3) is 0.250. The average Bonchev–Trinajstić information content (AvgIpc) is 2.67. The van der Waals surface area contributed by atoms with Crippen LogP contribution in [0.15, 0.2) is 30.6 Å². The van der Waals surface area contributed by atoms with Crippen LogP contribution in [-0.2, 0) is 6.54 Å². The van der Waals surface area contributed by atoms with Crippen molar-refractivity contribution in [3.8, 4) is 0 Å². The van der Waals surface area contributed by atoms with Gasteiger partial charge in [-0.3, -0.25) is 0 Å². The monoisotopic (exact) mass is 230 g/mol. The minimum atomic E-state index is -1.42. The highest BCUT2D eigenvalue weighted by Crippen LogP contribution is 2.06. The molecule has 1 aromatic carbocycles. The SMILES string of the molecule is Cc1ccc(Cn2ccnc2C)cc1B(O)O. The molecule has 0 saturated carbocycles. The first-order chi connectivity index (χ1) is 8.08. The Morgan fingerprint density at radius 2 is 2.06 bits per heavy atom. The van der Waals surface area contributed by atoms with Crippen LogP contribution < -0.4 is 5.46 Å². The number of nitrogens with zero attached hydrogens (tertiary/aromatic N) is 2. The molecule has 4 nitrogen and oxygen atoms in total. The average molecular weight is 230 g/mol. The van der Waals surface area contributed by atoms with Gasteiger partial charge in [-0.2, -0.15) is 0 Å². The van der Waals surface area contributed by atoms with Crippen LogP contribution in [0.1, 0.15) is 17.0 Å². The molecule has 0 unspecified atom stereocenters. The van der Waals surface area contributed by atoms with Gasteiger partial charge in [0.2, 0.25) is 0 Å². The number of aromatic nitrogens is 2. The standard InChI is InChI=1S/C12H15BN2O2/c1-9-3-4-11(7-12(9)13(16)17)8-15-6-5-14-10(15)2/h3-7,16-17H,8H2,1-2H3. The molecule has 0 aliphatic heterocycles. The molecule has 0 radical (unpaired) electrons. The van der Waals surface area contributed by atoms with Crippen LogP contribution in [0.4, 0.5) is 0 Å². The van der Waals surface area contributed by atoms with E-state index >= 15 is 0 Å². The zero-order valence-corrected chi connectivity index (χ0v) is 9.96. The highest BCUT2D eigenvalue weighted by Gasteiger charge is 2.14. The number of benzene rings is 1. The molecule has 17 heavy (non-hydrogen) atoms. The molecule has 0 aliphatic carbocycles. The molecule has 2 N–H and O–H groups in total. The van der Waals surface area contributed by atoms with Crippen LogP contribution in [-0.4, -0.2) is 26.7 Å². The summed E-state index contributed by atoms with van der Waals surface area (Å²) in [5.41, 5.74) is 2.46. The third kappa shape index (κ3) is 2.57. The Labute approximate surface area is 101 Å². The summed E-state index contributed by atoms with van der Waals surface area (Å²) in [7, 11) is -1.42. The maximum Gasteiger partial charge on any atom is 0.488 e. The van der Waals surface area contributed by atoms with E-state index < -0.39 is 7.12 Å². The fourth-order valence-electron chi connectivity index (χ4n) is 1.83. The van der Waals surface area contributed by atoms with Crippen molar-refractivity contribution in [2.75, 3.05) is 0 Å². The van der Waals surface area contributed by atoms with E-state index in [2.05, 4.69) is 4.98 Å². The molecule has 0 atom stereocenters. The Balaban J connectivity index is 2.28. The Hall–Kier alpha value is -1.59. The summed E-state index contributed by atoms with van der Waals surface area (Å²) in [6, 6.07) is 5.70. The number of rotatable bonds is 3. The molecule has 0 fully saturated rings. The molecule has 88 valence electrons. The summed E-state index contributed by atoms with van der Waals surface area (Å²) in [6.45, 7) is 4.49. The van der Waals surface area contributed by atoms with Gasteiger partial charge in [-0.15, -0.1) is 0 Å². The molecule has 0 spiro atoms. The molecule has 0 saturated heterocycles. The van der Waals surface area contributed by atoms with Crippen LogP contribution in [0.2, 0.25) is 0 Å². The van der Waals surface area contributed by atoms with E-state index in [1.165, 1.54) is 0 Å². The van der Waals surface area contributed by atoms with E-state index in [9.17, 15) is 10.0 Å². The van der Waals surface area contributed by atoms with Crippen molar-refractivity contribution in [3.63, 3.8) is 0 Å². The summed E-state index contributed by atoms with van der Waals surface area (Å²) in [5, 5.41) is 18.5. The quantitative estimate of drug-likeness (QED) is 0.742. The minimum Gasteiger partial charge on any atom is -0.423 e. The third-order valence-electron chi connectivity index (χ3n) is 2.90. The topological polar surface area (TPSA) is 58.3 Å². The molecule has 2 rings (SSSR count). The molecule has 0 aliphatic rings. The van der Waals surface area contributed by atoms with Crippen LogP contribution in [0, 0.1) is 13.8 Å². The lowest BCUT2D eigenvalue weighted by atomic mass is 9.76. The van der Waals surface area contributed by atoms with Gasteiger partial charge in [0.05, 0.1) is 0 Å². The molecular weight excluding hydrogens is 215 g/mol. The smallest absolute Gasteiger partial charge is 0.423 e. The summed E-state index contributed by atoms with van der Waals surface area (Å²) in [4.78, 5) is 4.15. The zero-order valence-electron chi connectivity index (χ0n) is 9.96. The summed E-state index contributed by atoms with van der Waals surface area (Å²) >= 11 is 0. The number of imidazole rings is 1. The second-order valence-corrected chi connectivity index (χ2v) is 4.17. The first-order valence-corrected chi connectivity index (χ1v) is 5.51. The van der Waals surface area contributed by atoms with Crippen molar-refractivity contribution in [2.45, 2.75) is 20.4 Å². The van der Waals surface area contributed by atoms with Gasteiger partial charge in [-0.05, 0) is 24.9 Å². The second-order valence-electron chi connectivity index (χ2n) is 4.17. The molecule has 0 amide bonds. The summed E-state index contributed by atoms with van der Waals surface area (Å²) < 4.78 is 2.01. The molecule has 2 aromatic rings. The minimum absolute atomic E-state index is 0.556. The second kappa shape index (κ2) is 4.73. The molecular formula is C12H15BN2O2. The van der Waals surface area contributed by atoms with Gasteiger partial charge < -0.3 is 14.6 Å². The van der Waals surface area contributed by atoms with Crippen LogP contribution in [0.25, 0.3) is 0 Å². The van der Waals surface area contributed by atoms with Gasteiger partial charge in [0.25, 0.3) is 0 Å². The maximum absolute atomic E-state index is 9.25. The van der Waals surface area contributed by atoms with E-state index in [-0.39, 0.29) is 0 Å². The molecule has 0 bridgehead atoms. The van der Waals surface area contributed by atoms with Crippen molar-refractivity contribution in [2.24, 2.45) is 0 Å². The van der Waals surface area contributed by atoms with E-state index in [4.69, 9.17) is 0 Å². The predicted octanol–water partition coefficient (Wildman–Crippen LogP) is 0.228. The highest BCUT2D eigenvalue weighted by atomic mass is 16.4. The Morgan fingerprint density at radius 3 is 2.65 bits per heavy atom. The van der Waals surface area contributed by atoms with Crippen molar-refractivity contribution in [3.05, 3.63) is 47.5 Å². The number of aryl methyl sites for hydroxylation is 2. The Morgan fingerprint density at radius 1 is 1.29 bits per heavy atom. The van der Waals surface area contributed by atoms with Crippen molar-refractivity contribution >= 4 is 12.6 Å². The Kier molecular flexibility index (Phi) is 3.31. The first-order valence-electron chi connectivity index (χ1n) is 5.51. The highest BCUT2D eigenvalue weighted by molar-refractivity contribution is 6.59. The van der Waals surface area contributed by atoms with E-state index in [1.54, 1.807) is 6.20 Å². The maximum atomic E-state index is 9.25. The van der Waals surface area contributed by atoms with E-state index in [1.807, 2.05) is 42.8 Å². The van der Waals surface area contributed by atoms with E-state index in [0.717, 1.165) is 17.0 Å². The number of hydrogen-bond acceptors (Lipinski definition) is 3. The fourth-order valence-corrected chi connectivity index (χ4v) is 1.83. The van der Waals surface area contributed by atoms with Gasteiger partial charge in [-0.1, -0.05) is 23.8 Å². The summed E-state index contributed by atoms with van der Waals surface area (Å²) in [5.74, 6) is 0.941. The van der Waals surface area contributed by atoms with Crippen molar-refractivity contribution in [1.29, 1.82) is 0 Å². The first kappa shape index (κ1) is 11.9. The third-order valence-corrected chi connectivity index (χ3v) is 2.90. The molecule has 5 heteroatoms. The van der Waals surface area contributed by atoms with Gasteiger partial charge in [0.1, 0.15) is 5.82 Å². The van der Waals surface area contributed by atoms with Crippen LogP contribution >= 0.6 is 0 Å². The van der Waals surface area contributed by atoms with Crippen molar-refractivity contribution in [1.82, 2.24) is 9.55 Å². The predicted molar refractivity (Wildman–Crippen MR) is 67.1 cm³/mol. The lowest BCUT2D eigenvalue weighted by Crippen LogP contribution is -2.32. The van der Waals surface area contributed by atoms with E-state index in [0.29, 0.717) is 12.0 Å². The van der Waals surface area contributed by atoms with Crippen molar-refractivity contribution < 1.29 is 10.0 Å². The van der Waals surface area contributed by atoms with Crippen LogP contribution in [0.5, 0.6) is 0 Å². The van der Waals surface area contributed by atoms with Crippen LogP contribution in [0.3, 0.4) is 0 Å². The van der Waals surface area contributed by atoms with Gasteiger partial charge in [-0.25, -0.2) is 4.98 Å². The number of hydrogen-bond donors (Lipinski definition) is 2. The van der Waals surface area contributed by atoms with Gasteiger partial charge >= 0.3 is 7.12 Å². The van der Waals surface area contributed by atoms with Gasteiger partial charge in [0, 0.05) is 18.9 Å². The molecule has 1 heterocycles. The normalized spacial score (nSPS) is 10.6. The zero-order chi connectivity index (χ0) is 12.4. The summed E-state index contributed by atoms with van der Waals surface area (Å²) in [6.07, 6.45) is 3.66. The lowest BCUT2D eigenvalue weighted by Gasteiger charge is -2.09. The Bertz CT molecular complexity index is 523. The largest absolute Gasteiger partial charge is 0.488 e.